The molecule has 9 heteroatoms. The molecular formula is C25H36N6O3. The van der Waals surface area contributed by atoms with E-state index < -0.39 is 0 Å². The van der Waals surface area contributed by atoms with Gasteiger partial charge in [-0.15, -0.1) is 0 Å². The Kier molecular flexibility index (Phi) is 7.53. The lowest BCUT2D eigenvalue weighted by atomic mass is 9.84. The molecule has 2 aliphatic rings. The Hall–Kier alpha value is -2.91. The first-order valence-electron chi connectivity index (χ1n) is 12.1. The number of carbonyl (C=O) groups is 2. The second-order valence-corrected chi connectivity index (χ2v) is 9.66. The van der Waals surface area contributed by atoms with Gasteiger partial charge in [-0.05, 0) is 70.0 Å². The largest absolute Gasteiger partial charge is 0.394 e. The zero-order chi connectivity index (χ0) is 24.2. The number of aromatic nitrogens is 2. The number of aliphatic hydroxyl groups is 1. The molecule has 1 aromatic carbocycles. The van der Waals surface area contributed by atoms with Crippen molar-refractivity contribution in [3.63, 3.8) is 0 Å². The number of hydrogen-bond donors (Lipinski definition) is 3. The Bertz CT molecular complexity index is 1030. The lowest BCUT2D eigenvalue weighted by molar-refractivity contribution is -0.121. The van der Waals surface area contributed by atoms with Crippen LogP contribution in [0.15, 0.2) is 24.4 Å². The van der Waals surface area contributed by atoms with Crippen LogP contribution in [0, 0.1) is 12.8 Å². The second kappa shape index (κ2) is 10.6. The van der Waals surface area contributed by atoms with Crippen molar-refractivity contribution >= 4 is 23.3 Å². The fourth-order valence-electron chi connectivity index (χ4n) is 4.97. The summed E-state index contributed by atoms with van der Waals surface area (Å²) < 4.78 is 1.61. The van der Waals surface area contributed by atoms with E-state index in [1.165, 1.54) is 0 Å². The van der Waals surface area contributed by atoms with Crippen LogP contribution >= 0.6 is 0 Å². The summed E-state index contributed by atoms with van der Waals surface area (Å²) in [4.78, 5) is 30.1. The van der Waals surface area contributed by atoms with E-state index in [1.54, 1.807) is 16.9 Å². The smallest absolute Gasteiger partial charge is 0.254 e. The lowest BCUT2D eigenvalue weighted by Gasteiger charge is -2.34. The number of nitrogens with one attached hydrogen (secondary N) is 2. The molecule has 1 aliphatic carbocycles. The number of anilines is 2. The van der Waals surface area contributed by atoms with Crippen LogP contribution in [0.3, 0.4) is 0 Å². The first kappa shape index (κ1) is 24.2. The molecular weight excluding hydrogens is 432 g/mol. The number of carbonyl (C=O) groups excluding carboxylic acids is 2. The van der Waals surface area contributed by atoms with Gasteiger partial charge in [-0.3, -0.25) is 14.3 Å². The fourth-order valence-corrected chi connectivity index (χ4v) is 4.97. The van der Waals surface area contributed by atoms with E-state index in [1.807, 2.05) is 25.1 Å². The molecule has 1 saturated carbocycles. The Balaban J connectivity index is 1.32. The number of aliphatic hydroxyl groups excluding tert-OH is 1. The standard InChI is InChI=1S/C25H36N6O3/c1-17-14-19(26-9-11-29(2)3)15-21-22(17)16-31(25(21)34)20-6-4-18(5-7-20)24(33)27-23-8-10-30(28-23)12-13-32/h8,10,14-15,18,20,26,32H,4-7,9,11-13,16H2,1-3H3,(H,27,28,33). The van der Waals surface area contributed by atoms with Crippen molar-refractivity contribution in [2.75, 3.05) is 44.4 Å². The molecule has 2 amide bonds. The van der Waals surface area contributed by atoms with Crippen LogP contribution in [-0.2, 0) is 17.9 Å². The molecule has 0 unspecified atom stereocenters. The third-order valence-electron chi connectivity index (χ3n) is 6.91. The summed E-state index contributed by atoms with van der Waals surface area (Å²) in [6.45, 7) is 4.90. The summed E-state index contributed by atoms with van der Waals surface area (Å²) >= 11 is 0. The van der Waals surface area contributed by atoms with Crippen molar-refractivity contribution < 1.29 is 14.7 Å². The van der Waals surface area contributed by atoms with Gasteiger partial charge in [0, 0.05) is 55.1 Å². The number of hydrogen-bond acceptors (Lipinski definition) is 6. The van der Waals surface area contributed by atoms with Crippen molar-refractivity contribution in [2.45, 2.75) is 51.7 Å². The summed E-state index contributed by atoms with van der Waals surface area (Å²) in [5.41, 5.74) is 4.08. The number of aryl methyl sites for hydroxylation is 1. The van der Waals surface area contributed by atoms with Crippen molar-refractivity contribution in [2.24, 2.45) is 5.92 Å². The molecule has 0 radical (unpaired) electrons. The van der Waals surface area contributed by atoms with E-state index in [9.17, 15) is 9.59 Å². The van der Waals surface area contributed by atoms with Gasteiger partial charge in [0.1, 0.15) is 0 Å². The topological polar surface area (TPSA) is 103 Å². The predicted molar refractivity (Wildman–Crippen MR) is 132 cm³/mol. The Morgan fingerprint density at radius 3 is 2.71 bits per heavy atom. The highest BCUT2D eigenvalue weighted by Gasteiger charge is 2.37. The Labute approximate surface area is 201 Å². The number of likely N-dealkylation sites (N-methyl/N-ethyl adjacent to an activating group) is 1. The molecule has 4 rings (SSSR count). The van der Waals surface area contributed by atoms with Gasteiger partial charge >= 0.3 is 0 Å². The molecule has 9 nitrogen and oxygen atoms in total. The highest BCUT2D eigenvalue weighted by atomic mass is 16.3. The number of fused-ring (bicyclic) bond motifs is 1. The highest BCUT2D eigenvalue weighted by molar-refractivity contribution is 6.00. The van der Waals surface area contributed by atoms with E-state index >= 15 is 0 Å². The monoisotopic (exact) mass is 468 g/mol. The maximum Gasteiger partial charge on any atom is 0.254 e. The molecule has 0 atom stereocenters. The molecule has 0 saturated heterocycles. The highest BCUT2D eigenvalue weighted by Crippen LogP contribution is 2.35. The van der Waals surface area contributed by atoms with Gasteiger partial charge in [-0.25, -0.2) is 0 Å². The number of rotatable bonds is 9. The predicted octanol–water partition coefficient (Wildman–Crippen LogP) is 2.31. The minimum atomic E-state index is -0.0754. The maximum absolute atomic E-state index is 13.3. The van der Waals surface area contributed by atoms with Gasteiger partial charge in [-0.2, -0.15) is 5.10 Å². The Morgan fingerprint density at radius 2 is 2.00 bits per heavy atom. The molecule has 184 valence electrons. The van der Waals surface area contributed by atoms with Crippen LogP contribution < -0.4 is 10.6 Å². The average Bonchev–Trinajstić information content (AvgIpc) is 3.38. The zero-order valence-electron chi connectivity index (χ0n) is 20.4. The van der Waals surface area contributed by atoms with Crippen LogP contribution in [-0.4, -0.2) is 76.3 Å². The number of amides is 2. The molecule has 0 spiro atoms. The second-order valence-electron chi connectivity index (χ2n) is 9.66. The molecule has 1 aliphatic heterocycles. The van der Waals surface area contributed by atoms with Crippen LogP contribution in [0.4, 0.5) is 11.5 Å². The first-order valence-corrected chi connectivity index (χ1v) is 12.1. The first-order chi connectivity index (χ1) is 16.4. The maximum atomic E-state index is 13.3. The van der Waals surface area contributed by atoms with E-state index in [4.69, 9.17) is 5.11 Å². The number of benzene rings is 1. The quantitative estimate of drug-likeness (QED) is 0.522. The van der Waals surface area contributed by atoms with Gasteiger partial charge in [0.25, 0.3) is 5.91 Å². The van der Waals surface area contributed by atoms with E-state index in [-0.39, 0.29) is 30.4 Å². The normalized spacial score (nSPS) is 20.0. The van der Waals surface area contributed by atoms with Crippen molar-refractivity contribution in [3.05, 3.63) is 41.1 Å². The average molecular weight is 469 g/mol. The molecule has 1 fully saturated rings. The number of nitrogens with zero attached hydrogens (tertiary/aromatic N) is 4. The van der Waals surface area contributed by atoms with Crippen molar-refractivity contribution in [1.82, 2.24) is 19.6 Å². The summed E-state index contributed by atoms with van der Waals surface area (Å²) in [5.74, 6) is 0.523. The van der Waals surface area contributed by atoms with Gasteiger partial charge in [0.05, 0.1) is 13.2 Å². The van der Waals surface area contributed by atoms with E-state index in [0.29, 0.717) is 18.9 Å². The molecule has 3 N–H and O–H groups in total. The van der Waals surface area contributed by atoms with Crippen LogP contribution in [0.5, 0.6) is 0 Å². The molecule has 2 heterocycles. The van der Waals surface area contributed by atoms with Gasteiger partial charge in [0.15, 0.2) is 5.82 Å². The Morgan fingerprint density at radius 1 is 1.24 bits per heavy atom. The summed E-state index contributed by atoms with van der Waals surface area (Å²) in [7, 11) is 4.09. The van der Waals surface area contributed by atoms with Crippen LogP contribution in [0.2, 0.25) is 0 Å². The fraction of sp³-hybridized carbons (Fsp3) is 0.560. The van der Waals surface area contributed by atoms with Gasteiger partial charge in [0.2, 0.25) is 5.91 Å². The summed E-state index contributed by atoms with van der Waals surface area (Å²) in [6, 6.07) is 6.03. The third kappa shape index (κ3) is 5.42. The molecule has 34 heavy (non-hydrogen) atoms. The zero-order valence-corrected chi connectivity index (χ0v) is 20.4. The van der Waals surface area contributed by atoms with E-state index in [0.717, 1.165) is 61.2 Å². The van der Waals surface area contributed by atoms with Crippen molar-refractivity contribution in [3.8, 4) is 0 Å². The SMILES string of the molecule is Cc1cc(NCCN(C)C)cc2c1CN(C1CCC(C(=O)Nc3ccn(CCO)n3)CC1)C2=O. The van der Waals surface area contributed by atoms with Crippen molar-refractivity contribution in [1.29, 1.82) is 0 Å². The lowest BCUT2D eigenvalue weighted by Crippen LogP contribution is -2.40. The minimum Gasteiger partial charge on any atom is -0.394 e. The minimum absolute atomic E-state index is 0.00592. The molecule has 2 aromatic rings. The third-order valence-corrected chi connectivity index (χ3v) is 6.91. The van der Waals surface area contributed by atoms with Crippen LogP contribution in [0.25, 0.3) is 0 Å². The summed E-state index contributed by atoms with van der Waals surface area (Å²) in [5, 5.41) is 19.6. The molecule has 1 aromatic heterocycles. The molecule has 0 bridgehead atoms. The van der Waals surface area contributed by atoms with Crippen LogP contribution in [0.1, 0.15) is 47.2 Å². The van der Waals surface area contributed by atoms with E-state index in [2.05, 4.69) is 33.6 Å². The van der Waals surface area contributed by atoms with Gasteiger partial charge in [-0.1, -0.05) is 0 Å². The van der Waals surface area contributed by atoms with Gasteiger partial charge < -0.3 is 25.5 Å². The summed E-state index contributed by atoms with van der Waals surface area (Å²) in [6.07, 6.45) is 4.90.